The Balaban J connectivity index is 2.06. The molecule has 1 aliphatic heterocycles. The normalized spacial score (nSPS) is 17.6. The summed E-state index contributed by atoms with van der Waals surface area (Å²) in [7, 11) is 0. The lowest BCUT2D eigenvalue weighted by atomic mass is 10.1. The van der Waals surface area contributed by atoms with Crippen molar-refractivity contribution >= 4 is 29.0 Å². The van der Waals surface area contributed by atoms with Crippen molar-refractivity contribution in [2.24, 2.45) is 0 Å². The zero-order valence-electron chi connectivity index (χ0n) is 12.7. The number of likely N-dealkylation sites (tertiary alicyclic amines) is 1. The minimum absolute atomic E-state index is 0.312. The van der Waals surface area contributed by atoms with Gasteiger partial charge in [0.25, 0.3) is 0 Å². The van der Waals surface area contributed by atoms with Gasteiger partial charge in [-0.3, -0.25) is 0 Å². The molecule has 1 aromatic rings. The largest absolute Gasteiger partial charge is 0.414 e. The zero-order valence-corrected chi connectivity index (χ0v) is 14.3. The van der Waals surface area contributed by atoms with Crippen LogP contribution in [0.15, 0.2) is 12.1 Å². The minimum Gasteiger partial charge on any atom is -0.414 e. The molecular weight excluding hydrogens is 310 g/mol. The minimum atomic E-state index is -0.711. The van der Waals surface area contributed by atoms with Crippen LogP contribution in [0.1, 0.15) is 51.2 Å². The first-order chi connectivity index (χ1) is 9.85. The monoisotopic (exact) mass is 331 g/mol. The third-order valence-electron chi connectivity index (χ3n) is 3.11. The summed E-state index contributed by atoms with van der Waals surface area (Å²) in [4.78, 5) is 14.8. The van der Waals surface area contributed by atoms with Gasteiger partial charge in [-0.2, -0.15) is 0 Å². The summed E-state index contributed by atoms with van der Waals surface area (Å²) >= 11 is 7.34. The lowest BCUT2D eigenvalue weighted by Gasteiger charge is -2.30. The van der Waals surface area contributed by atoms with E-state index >= 15 is 0 Å². The van der Waals surface area contributed by atoms with Crippen molar-refractivity contribution in [2.45, 2.75) is 51.9 Å². The van der Waals surface area contributed by atoms with Crippen molar-refractivity contribution in [3.63, 3.8) is 0 Å². The Morgan fingerprint density at radius 2 is 1.95 bits per heavy atom. The molecule has 0 aromatic carbocycles. The fourth-order valence-electron chi connectivity index (χ4n) is 2.16. The van der Waals surface area contributed by atoms with Crippen LogP contribution in [-0.2, 0) is 9.47 Å². The first kappa shape index (κ1) is 16.6. The van der Waals surface area contributed by atoms with E-state index in [9.17, 15) is 4.79 Å². The quantitative estimate of drug-likeness (QED) is 0.744. The third-order valence-corrected chi connectivity index (χ3v) is 4.36. The summed E-state index contributed by atoms with van der Waals surface area (Å²) < 4.78 is 12.1. The Morgan fingerprint density at radius 3 is 2.48 bits per heavy atom. The highest BCUT2D eigenvalue weighted by Crippen LogP contribution is 2.33. The number of thiophene rings is 1. The molecule has 118 valence electrons. The summed E-state index contributed by atoms with van der Waals surface area (Å²) in [6.07, 6.45) is 2.22. The fraction of sp³-hybridized carbons (Fsp3) is 0.667. The molecular formula is C15H22ClNO3S. The molecule has 0 N–H and O–H groups in total. The van der Waals surface area contributed by atoms with E-state index in [4.69, 9.17) is 21.1 Å². The zero-order chi connectivity index (χ0) is 15.5. The summed E-state index contributed by atoms with van der Waals surface area (Å²) in [5.41, 5.74) is -0.413. The highest BCUT2D eigenvalue weighted by atomic mass is 35.5. The standard InChI is InChI=1S/C15H22ClNO3S/c1-15(2,3)20-13(11-7-8-12(16)21-11)19-14(18)17-9-5-4-6-10-17/h7-8,13H,4-6,9-10H2,1-3H3. The van der Waals surface area contributed by atoms with E-state index in [1.165, 1.54) is 17.8 Å². The lowest BCUT2D eigenvalue weighted by molar-refractivity contribution is -0.173. The van der Waals surface area contributed by atoms with Crippen molar-refractivity contribution in [1.29, 1.82) is 0 Å². The Hall–Kier alpha value is -0.780. The fourth-order valence-corrected chi connectivity index (χ4v) is 3.18. The molecule has 1 atom stereocenters. The van der Waals surface area contributed by atoms with Crippen LogP contribution in [0, 0.1) is 0 Å². The molecule has 1 aliphatic rings. The Bertz CT molecular complexity index is 478. The predicted octanol–water partition coefficient (Wildman–Crippen LogP) is 4.84. The SMILES string of the molecule is CC(C)(C)OC(OC(=O)N1CCCCC1)c1ccc(Cl)s1. The summed E-state index contributed by atoms with van der Waals surface area (Å²) in [5.74, 6) is 0. The predicted molar refractivity (Wildman–Crippen MR) is 84.8 cm³/mol. The van der Waals surface area contributed by atoms with E-state index in [1.54, 1.807) is 11.0 Å². The van der Waals surface area contributed by atoms with E-state index < -0.39 is 11.9 Å². The molecule has 1 saturated heterocycles. The number of ether oxygens (including phenoxy) is 2. The molecule has 2 heterocycles. The number of hydrogen-bond acceptors (Lipinski definition) is 4. The maximum absolute atomic E-state index is 12.3. The number of nitrogens with zero attached hydrogens (tertiary/aromatic N) is 1. The maximum atomic E-state index is 12.3. The van der Waals surface area contributed by atoms with Gasteiger partial charge in [-0.1, -0.05) is 11.6 Å². The van der Waals surface area contributed by atoms with Gasteiger partial charge in [0.05, 0.1) is 14.8 Å². The molecule has 6 heteroatoms. The van der Waals surface area contributed by atoms with Crippen molar-refractivity contribution in [3.05, 3.63) is 21.3 Å². The number of amides is 1. The Morgan fingerprint density at radius 1 is 1.29 bits per heavy atom. The van der Waals surface area contributed by atoms with Gasteiger partial charge < -0.3 is 14.4 Å². The molecule has 1 unspecified atom stereocenters. The maximum Gasteiger partial charge on any atom is 0.412 e. The molecule has 0 bridgehead atoms. The van der Waals surface area contributed by atoms with Crippen LogP contribution in [0.25, 0.3) is 0 Å². The summed E-state index contributed by atoms with van der Waals surface area (Å²) in [5, 5.41) is 0. The van der Waals surface area contributed by atoms with E-state index in [0.717, 1.165) is 30.8 Å². The number of hydrogen-bond donors (Lipinski definition) is 0. The van der Waals surface area contributed by atoms with Gasteiger partial charge in [0.2, 0.25) is 6.29 Å². The molecule has 1 amide bonds. The van der Waals surface area contributed by atoms with Crippen LogP contribution in [0.5, 0.6) is 0 Å². The molecule has 4 nitrogen and oxygen atoms in total. The van der Waals surface area contributed by atoms with Gasteiger partial charge in [0.15, 0.2) is 0 Å². The van der Waals surface area contributed by atoms with E-state index in [0.29, 0.717) is 4.34 Å². The number of halogens is 1. The molecule has 0 spiro atoms. The molecule has 1 fully saturated rings. The van der Waals surface area contributed by atoms with Gasteiger partial charge in [-0.15, -0.1) is 11.3 Å². The molecule has 1 aromatic heterocycles. The Kier molecular flexibility index (Phi) is 5.52. The smallest absolute Gasteiger partial charge is 0.412 e. The van der Waals surface area contributed by atoms with Gasteiger partial charge >= 0.3 is 6.09 Å². The number of rotatable bonds is 3. The molecule has 0 radical (unpaired) electrons. The second kappa shape index (κ2) is 6.99. The van der Waals surface area contributed by atoms with Gasteiger partial charge in [-0.25, -0.2) is 4.79 Å². The van der Waals surface area contributed by atoms with Crippen LogP contribution in [-0.4, -0.2) is 29.7 Å². The topological polar surface area (TPSA) is 38.8 Å². The van der Waals surface area contributed by atoms with Crippen molar-refractivity contribution in [2.75, 3.05) is 13.1 Å². The van der Waals surface area contributed by atoms with E-state index in [-0.39, 0.29) is 6.09 Å². The molecule has 2 rings (SSSR count). The average molecular weight is 332 g/mol. The molecule has 0 aliphatic carbocycles. The first-order valence-electron chi connectivity index (χ1n) is 7.24. The van der Waals surface area contributed by atoms with Crippen molar-refractivity contribution in [3.8, 4) is 0 Å². The Labute approximate surface area is 135 Å². The summed E-state index contributed by atoms with van der Waals surface area (Å²) in [6.45, 7) is 7.32. The number of carbonyl (C=O) groups excluding carboxylic acids is 1. The van der Waals surface area contributed by atoms with Crippen LogP contribution in [0.3, 0.4) is 0 Å². The molecule has 0 saturated carbocycles. The molecule has 21 heavy (non-hydrogen) atoms. The van der Waals surface area contributed by atoms with Crippen LogP contribution < -0.4 is 0 Å². The van der Waals surface area contributed by atoms with E-state index in [1.807, 2.05) is 26.8 Å². The second-order valence-corrected chi connectivity index (χ2v) is 7.88. The van der Waals surface area contributed by atoms with Gasteiger partial charge in [0, 0.05) is 13.1 Å². The summed E-state index contributed by atoms with van der Waals surface area (Å²) in [6, 6.07) is 3.63. The number of carbonyl (C=O) groups is 1. The van der Waals surface area contributed by atoms with Crippen LogP contribution in [0.4, 0.5) is 4.79 Å². The van der Waals surface area contributed by atoms with Crippen molar-refractivity contribution < 1.29 is 14.3 Å². The number of piperidine rings is 1. The van der Waals surface area contributed by atoms with E-state index in [2.05, 4.69) is 0 Å². The second-order valence-electron chi connectivity index (χ2n) is 6.14. The highest BCUT2D eigenvalue weighted by Gasteiger charge is 2.28. The average Bonchev–Trinajstić information content (AvgIpc) is 2.84. The van der Waals surface area contributed by atoms with Crippen LogP contribution in [0.2, 0.25) is 4.34 Å². The van der Waals surface area contributed by atoms with Crippen molar-refractivity contribution in [1.82, 2.24) is 4.90 Å². The highest BCUT2D eigenvalue weighted by molar-refractivity contribution is 7.16. The van der Waals surface area contributed by atoms with Crippen LogP contribution >= 0.6 is 22.9 Å². The first-order valence-corrected chi connectivity index (χ1v) is 8.43. The van der Waals surface area contributed by atoms with Gasteiger partial charge in [0.1, 0.15) is 0 Å². The third kappa shape index (κ3) is 5.16. The lowest BCUT2D eigenvalue weighted by Crippen LogP contribution is -2.37. The van der Waals surface area contributed by atoms with Gasteiger partial charge in [-0.05, 0) is 52.2 Å².